The van der Waals surface area contributed by atoms with Crippen molar-refractivity contribution in [2.24, 2.45) is 0 Å². The smallest absolute Gasteiger partial charge is 0.319 e. The number of amides is 2. The number of nitrogens with two attached hydrogens (primary N) is 1. The first kappa shape index (κ1) is 28.1. The molecule has 0 radical (unpaired) electrons. The molecule has 0 aliphatic heterocycles. The molecule has 12 heteroatoms. The minimum atomic E-state index is -0.578. The number of benzene rings is 2. The molecule has 42 heavy (non-hydrogen) atoms. The molecule has 1 atom stereocenters. The molecule has 3 aromatic heterocycles. The second-order valence-electron chi connectivity index (χ2n) is 9.09. The highest BCUT2D eigenvalue weighted by Crippen LogP contribution is 2.27. The van der Waals surface area contributed by atoms with E-state index in [9.17, 15) is 9.59 Å². The van der Waals surface area contributed by atoms with Gasteiger partial charge in [-0.3, -0.25) is 9.36 Å². The highest BCUT2D eigenvalue weighted by atomic mass is 35.5. The van der Waals surface area contributed by atoms with E-state index in [2.05, 4.69) is 42.7 Å². The summed E-state index contributed by atoms with van der Waals surface area (Å²) in [5, 5.41) is 9.30. The number of hydrogen-bond donors (Lipinski definition) is 4. The maximum Gasteiger partial charge on any atom is 0.319 e. The molecule has 3 heterocycles. The lowest BCUT2D eigenvalue weighted by molar-refractivity contribution is 0.252. The maximum absolute atomic E-state index is 14.0. The first-order valence-corrected chi connectivity index (χ1v) is 13.4. The van der Waals surface area contributed by atoms with Gasteiger partial charge in [0.15, 0.2) is 0 Å². The Bertz CT molecular complexity index is 1900. The Balaban J connectivity index is 1.61. The number of carbonyl (C=O) groups is 1. The van der Waals surface area contributed by atoms with E-state index >= 15 is 0 Å². The van der Waals surface area contributed by atoms with Gasteiger partial charge in [0.2, 0.25) is 0 Å². The number of pyridine rings is 1. The van der Waals surface area contributed by atoms with Crippen molar-refractivity contribution in [1.29, 1.82) is 0 Å². The van der Waals surface area contributed by atoms with Crippen molar-refractivity contribution in [3.63, 3.8) is 0 Å². The molecule has 0 aliphatic carbocycles. The van der Waals surface area contributed by atoms with Crippen LogP contribution in [0.2, 0.25) is 5.02 Å². The highest BCUT2D eigenvalue weighted by Gasteiger charge is 2.21. The fraction of sp³-hybridized carbons (Fsp3) is 0.133. The summed E-state index contributed by atoms with van der Waals surface area (Å²) in [6, 6.07) is 16.5. The first-order chi connectivity index (χ1) is 20.4. The van der Waals surface area contributed by atoms with Crippen LogP contribution in [0.4, 0.5) is 22.1 Å². The molecule has 5 N–H and O–H groups in total. The molecule has 0 saturated carbocycles. The number of aromatic nitrogens is 5. The Hall–Kier alpha value is -5.47. The highest BCUT2D eigenvalue weighted by molar-refractivity contribution is 6.35. The van der Waals surface area contributed by atoms with E-state index in [1.165, 1.54) is 10.9 Å². The van der Waals surface area contributed by atoms with Crippen molar-refractivity contribution in [2.45, 2.75) is 19.9 Å². The van der Waals surface area contributed by atoms with Crippen molar-refractivity contribution in [3.8, 4) is 17.5 Å². The van der Waals surface area contributed by atoms with Crippen LogP contribution in [0, 0.1) is 11.8 Å². The number of nitrogen functional groups attached to an aromatic ring is 1. The lowest BCUT2D eigenvalue weighted by Gasteiger charge is -2.21. The van der Waals surface area contributed by atoms with Crippen LogP contribution in [0.15, 0.2) is 78.0 Å². The number of anilines is 3. The molecule has 5 aromatic rings. The summed E-state index contributed by atoms with van der Waals surface area (Å²) in [6.07, 6.45) is 2.97. The summed E-state index contributed by atoms with van der Waals surface area (Å²) in [6.45, 7) is 4.12. The second kappa shape index (κ2) is 12.4. The van der Waals surface area contributed by atoms with E-state index in [0.29, 0.717) is 46.3 Å². The Morgan fingerprint density at radius 1 is 1.07 bits per heavy atom. The molecular formula is C30H26ClN9O2. The zero-order valence-electron chi connectivity index (χ0n) is 22.7. The number of rotatable bonds is 6. The average molecular weight is 580 g/mol. The molecule has 1 unspecified atom stereocenters. The number of carbonyl (C=O) groups excluding carboxylic acids is 1. The van der Waals surface area contributed by atoms with Crippen molar-refractivity contribution in [1.82, 2.24) is 29.8 Å². The molecule has 0 fully saturated rings. The number of nitrogens with one attached hydrogen (secondary N) is 3. The summed E-state index contributed by atoms with van der Waals surface area (Å²) in [5.41, 5.74) is 8.14. The van der Waals surface area contributed by atoms with E-state index in [4.69, 9.17) is 22.3 Å². The second-order valence-corrected chi connectivity index (χ2v) is 9.50. The fourth-order valence-corrected chi connectivity index (χ4v) is 4.52. The van der Waals surface area contributed by atoms with Gasteiger partial charge < -0.3 is 21.7 Å². The van der Waals surface area contributed by atoms with E-state index in [1.807, 2.05) is 19.9 Å². The summed E-state index contributed by atoms with van der Waals surface area (Å²) in [7, 11) is 0. The van der Waals surface area contributed by atoms with Gasteiger partial charge in [0.25, 0.3) is 5.56 Å². The molecule has 0 spiro atoms. The van der Waals surface area contributed by atoms with E-state index in [0.717, 1.165) is 0 Å². The summed E-state index contributed by atoms with van der Waals surface area (Å²) >= 11 is 6.46. The largest absolute Gasteiger partial charge is 0.382 e. The molecule has 0 aliphatic rings. The van der Waals surface area contributed by atoms with E-state index in [-0.39, 0.29) is 27.8 Å². The topological polar surface area (TPSA) is 153 Å². The van der Waals surface area contributed by atoms with Crippen LogP contribution in [0.3, 0.4) is 0 Å². The average Bonchev–Trinajstić information content (AvgIpc) is 2.97. The lowest BCUT2D eigenvalue weighted by Crippen LogP contribution is -2.29. The maximum atomic E-state index is 14.0. The predicted octanol–water partition coefficient (Wildman–Crippen LogP) is 4.52. The molecule has 2 aromatic carbocycles. The summed E-state index contributed by atoms with van der Waals surface area (Å²) in [4.78, 5) is 43.6. The minimum Gasteiger partial charge on any atom is -0.382 e. The minimum absolute atomic E-state index is 0.183. The van der Waals surface area contributed by atoms with Gasteiger partial charge in [0.1, 0.15) is 35.0 Å². The van der Waals surface area contributed by atoms with Crippen molar-refractivity contribution < 1.29 is 4.79 Å². The number of nitrogens with zero attached hydrogens (tertiary/aromatic N) is 5. The third-order valence-corrected chi connectivity index (χ3v) is 6.48. The third-order valence-electron chi connectivity index (χ3n) is 6.17. The monoisotopic (exact) mass is 579 g/mol. The molecule has 0 bridgehead atoms. The van der Waals surface area contributed by atoms with Gasteiger partial charge in [-0.15, -0.1) is 0 Å². The van der Waals surface area contributed by atoms with E-state index < -0.39 is 6.04 Å². The molecule has 5 rings (SSSR count). The Morgan fingerprint density at radius 2 is 1.90 bits per heavy atom. The molecular weight excluding hydrogens is 554 g/mol. The van der Waals surface area contributed by atoms with Gasteiger partial charge in [-0.25, -0.2) is 24.7 Å². The fourth-order valence-electron chi connectivity index (χ4n) is 4.27. The number of halogens is 1. The van der Waals surface area contributed by atoms with Gasteiger partial charge in [-0.2, -0.15) is 0 Å². The standard InChI is InChI=1S/C30H26ClN9O2/c1-3-33-30(42)38-20-9-6-10-21(16-20)40-28(39-24-12-7-11-23(31)25(24)29(40)41)18(2)37-27-22(26(32)35-17-36-27)14-13-19-8-4-5-15-34-19/h4-12,15-18H,3H2,1-2H3,(H2,33,38,42)(H3,32,35,36,37). The van der Waals surface area contributed by atoms with Crippen LogP contribution in [0.25, 0.3) is 16.6 Å². The molecule has 0 saturated heterocycles. The van der Waals surface area contributed by atoms with Crippen LogP contribution in [-0.2, 0) is 0 Å². The van der Waals surface area contributed by atoms with Crippen LogP contribution < -0.4 is 27.2 Å². The van der Waals surface area contributed by atoms with Crippen molar-refractivity contribution in [2.75, 3.05) is 22.9 Å². The van der Waals surface area contributed by atoms with Gasteiger partial charge in [-0.1, -0.05) is 35.7 Å². The van der Waals surface area contributed by atoms with Gasteiger partial charge in [-0.05, 0) is 62.2 Å². The first-order valence-electron chi connectivity index (χ1n) is 13.0. The zero-order valence-corrected chi connectivity index (χ0v) is 23.5. The zero-order chi connectivity index (χ0) is 29.6. The third kappa shape index (κ3) is 5.99. The van der Waals surface area contributed by atoms with Crippen LogP contribution in [0.5, 0.6) is 0 Å². The predicted molar refractivity (Wildman–Crippen MR) is 164 cm³/mol. The van der Waals surface area contributed by atoms with Crippen LogP contribution >= 0.6 is 11.6 Å². The Kier molecular flexibility index (Phi) is 8.27. The quantitative estimate of drug-likeness (QED) is 0.214. The molecule has 11 nitrogen and oxygen atoms in total. The number of fused-ring (bicyclic) bond motifs is 1. The Morgan fingerprint density at radius 3 is 2.69 bits per heavy atom. The number of hydrogen-bond acceptors (Lipinski definition) is 8. The molecule has 2 amide bonds. The summed E-state index contributed by atoms with van der Waals surface area (Å²) in [5.74, 6) is 6.89. The van der Waals surface area contributed by atoms with Crippen molar-refractivity contribution in [3.05, 3.63) is 106 Å². The van der Waals surface area contributed by atoms with Gasteiger partial charge in [0.05, 0.1) is 27.7 Å². The molecule has 210 valence electrons. The Labute approximate surface area is 246 Å². The van der Waals surface area contributed by atoms with Gasteiger partial charge in [0, 0.05) is 18.4 Å². The van der Waals surface area contributed by atoms with Gasteiger partial charge >= 0.3 is 6.03 Å². The van der Waals surface area contributed by atoms with Crippen molar-refractivity contribution >= 4 is 45.9 Å². The number of urea groups is 1. The lowest BCUT2D eigenvalue weighted by atomic mass is 10.2. The SMILES string of the molecule is CCNC(=O)Nc1cccc(-n2c(C(C)Nc3ncnc(N)c3C#Cc3ccccn3)nc3cccc(Cl)c3c2=O)c1. The van der Waals surface area contributed by atoms with Crippen LogP contribution in [-0.4, -0.2) is 37.1 Å². The van der Waals surface area contributed by atoms with Crippen LogP contribution in [0.1, 0.15) is 37.0 Å². The normalized spacial score (nSPS) is 11.3. The summed E-state index contributed by atoms with van der Waals surface area (Å²) < 4.78 is 1.46. The van der Waals surface area contributed by atoms with E-state index in [1.54, 1.807) is 60.8 Å².